The van der Waals surface area contributed by atoms with Crippen molar-refractivity contribution >= 4 is 0 Å². The van der Waals surface area contributed by atoms with Crippen molar-refractivity contribution in [1.82, 2.24) is 15.1 Å². The van der Waals surface area contributed by atoms with Crippen LogP contribution in [-0.2, 0) is 13.6 Å². The van der Waals surface area contributed by atoms with Gasteiger partial charge in [-0.05, 0) is 24.6 Å². The predicted molar refractivity (Wildman–Crippen MR) is 77.5 cm³/mol. The minimum absolute atomic E-state index is 0.197. The number of ether oxygens (including phenoxy) is 1. The average Bonchev–Trinajstić information content (AvgIpc) is 2.75. The summed E-state index contributed by atoms with van der Waals surface area (Å²) >= 11 is 0. The lowest BCUT2D eigenvalue weighted by molar-refractivity contribution is 0.173. The third kappa shape index (κ3) is 3.42. The van der Waals surface area contributed by atoms with Crippen molar-refractivity contribution in [2.24, 2.45) is 7.05 Å². The molecule has 2 aromatic rings. The third-order valence-corrected chi connectivity index (χ3v) is 3.45. The summed E-state index contributed by atoms with van der Waals surface area (Å²) < 4.78 is 32.9. The summed E-state index contributed by atoms with van der Waals surface area (Å²) in [5.41, 5.74) is 2.04. The molecule has 120 valence electrons. The number of aryl methyl sites for hydroxylation is 2. The van der Waals surface area contributed by atoms with Crippen LogP contribution in [0.15, 0.2) is 18.2 Å². The molecule has 22 heavy (non-hydrogen) atoms. The molecule has 0 radical (unpaired) electrons. The van der Waals surface area contributed by atoms with Gasteiger partial charge >= 0.3 is 0 Å². The molecule has 0 aliphatic carbocycles. The van der Waals surface area contributed by atoms with Gasteiger partial charge in [0.2, 0.25) is 5.88 Å². The number of rotatable bonds is 6. The zero-order valence-electron chi connectivity index (χ0n) is 12.7. The second-order valence-corrected chi connectivity index (χ2v) is 5.02. The first kappa shape index (κ1) is 16.4. The fourth-order valence-electron chi connectivity index (χ4n) is 2.31. The monoisotopic (exact) mass is 311 g/mol. The third-order valence-electron chi connectivity index (χ3n) is 3.45. The molecule has 2 N–H and O–H groups in total. The summed E-state index contributed by atoms with van der Waals surface area (Å²) in [6.07, 6.45) is -0.932. The fourth-order valence-corrected chi connectivity index (χ4v) is 2.31. The lowest BCUT2D eigenvalue weighted by atomic mass is 10.1. The van der Waals surface area contributed by atoms with Crippen molar-refractivity contribution in [2.45, 2.75) is 19.6 Å². The van der Waals surface area contributed by atoms with Gasteiger partial charge < -0.3 is 15.2 Å². The van der Waals surface area contributed by atoms with Gasteiger partial charge in [0.05, 0.1) is 24.5 Å². The number of aromatic nitrogens is 2. The minimum Gasteiger partial charge on any atom is -0.481 e. The van der Waals surface area contributed by atoms with E-state index in [2.05, 4.69) is 10.4 Å². The van der Waals surface area contributed by atoms with E-state index in [0.717, 1.165) is 23.4 Å². The van der Waals surface area contributed by atoms with E-state index in [1.165, 1.54) is 6.07 Å². The lowest BCUT2D eigenvalue weighted by Crippen LogP contribution is -2.21. The zero-order chi connectivity index (χ0) is 16.3. The summed E-state index contributed by atoms with van der Waals surface area (Å²) in [4.78, 5) is 0. The van der Waals surface area contributed by atoms with Crippen molar-refractivity contribution in [3.05, 3.63) is 46.7 Å². The van der Waals surface area contributed by atoms with Gasteiger partial charge in [-0.1, -0.05) is 6.07 Å². The molecule has 0 amide bonds. The summed E-state index contributed by atoms with van der Waals surface area (Å²) in [7, 11) is 3.35. The number of hydrogen-bond acceptors (Lipinski definition) is 4. The van der Waals surface area contributed by atoms with Crippen molar-refractivity contribution in [2.75, 3.05) is 13.7 Å². The Hall–Kier alpha value is -1.99. The number of aliphatic hydroxyl groups is 1. The highest BCUT2D eigenvalue weighted by atomic mass is 19.2. The van der Waals surface area contributed by atoms with Crippen molar-refractivity contribution in [1.29, 1.82) is 0 Å². The maximum Gasteiger partial charge on any atom is 0.216 e. The molecule has 0 aliphatic rings. The van der Waals surface area contributed by atoms with Gasteiger partial charge in [0.1, 0.15) is 0 Å². The summed E-state index contributed by atoms with van der Waals surface area (Å²) in [6, 6.07) is 3.36. The maximum atomic E-state index is 13.1. The lowest BCUT2D eigenvalue weighted by Gasteiger charge is -2.13. The van der Waals surface area contributed by atoms with Gasteiger partial charge in [0.15, 0.2) is 11.6 Å². The van der Waals surface area contributed by atoms with E-state index in [0.29, 0.717) is 18.0 Å². The van der Waals surface area contributed by atoms with E-state index in [9.17, 15) is 13.9 Å². The highest BCUT2D eigenvalue weighted by Crippen LogP contribution is 2.21. The number of halogens is 2. The van der Waals surface area contributed by atoms with Crippen LogP contribution in [0, 0.1) is 18.6 Å². The Morgan fingerprint density at radius 1 is 1.36 bits per heavy atom. The first-order chi connectivity index (χ1) is 10.4. The molecule has 0 saturated carbocycles. The number of benzene rings is 1. The van der Waals surface area contributed by atoms with Crippen molar-refractivity contribution in [3.8, 4) is 5.88 Å². The minimum atomic E-state index is -0.971. The van der Waals surface area contributed by atoms with E-state index in [-0.39, 0.29) is 6.54 Å². The molecule has 0 aliphatic heterocycles. The Bertz CT molecular complexity index is 658. The van der Waals surface area contributed by atoms with Gasteiger partial charge in [-0.25, -0.2) is 13.5 Å². The molecule has 0 bridgehead atoms. The van der Waals surface area contributed by atoms with Crippen LogP contribution in [0.5, 0.6) is 5.88 Å². The topological polar surface area (TPSA) is 59.3 Å². The molecule has 1 atom stereocenters. The molecular weight excluding hydrogens is 292 g/mol. The van der Waals surface area contributed by atoms with Gasteiger partial charge in [-0.2, -0.15) is 5.10 Å². The van der Waals surface area contributed by atoms with E-state index in [1.807, 2.05) is 6.92 Å². The Morgan fingerprint density at radius 2 is 2.09 bits per heavy atom. The molecule has 1 unspecified atom stereocenters. The number of methoxy groups -OCH3 is 1. The molecule has 0 spiro atoms. The van der Waals surface area contributed by atoms with E-state index in [4.69, 9.17) is 4.74 Å². The van der Waals surface area contributed by atoms with Gasteiger partial charge in [0.25, 0.3) is 0 Å². The van der Waals surface area contributed by atoms with Crippen molar-refractivity contribution < 1.29 is 18.6 Å². The molecule has 1 aromatic carbocycles. The van der Waals surface area contributed by atoms with Crippen molar-refractivity contribution in [3.63, 3.8) is 0 Å². The number of hydrogen-bond donors (Lipinski definition) is 2. The van der Waals surface area contributed by atoms with Gasteiger partial charge in [-0.15, -0.1) is 0 Å². The Kier molecular flexibility index (Phi) is 5.10. The molecule has 7 heteroatoms. The van der Waals surface area contributed by atoms with Crippen LogP contribution >= 0.6 is 0 Å². The van der Waals surface area contributed by atoms with Crippen LogP contribution in [0.3, 0.4) is 0 Å². The maximum absolute atomic E-state index is 13.1. The summed E-state index contributed by atoms with van der Waals surface area (Å²) in [5.74, 6) is -1.26. The number of nitrogens with zero attached hydrogens (tertiary/aromatic N) is 2. The van der Waals surface area contributed by atoms with E-state index < -0.39 is 17.7 Å². The molecular formula is C15H19F2N3O2. The number of nitrogens with one attached hydrogen (secondary N) is 1. The highest BCUT2D eigenvalue weighted by molar-refractivity contribution is 5.30. The molecule has 2 rings (SSSR count). The zero-order valence-corrected chi connectivity index (χ0v) is 12.7. The van der Waals surface area contributed by atoms with Crippen LogP contribution in [0.1, 0.15) is 22.9 Å². The predicted octanol–water partition coefficient (Wildman–Crippen LogP) is 1.84. The second kappa shape index (κ2) is 6.85. The Morgan fingerprint density at radius 3 is 2.73 bits per heavy atom. The second-order valence-electron chi connectivity index (χ2n) is 5.02. The van der Waals surface area contributed by atoms with E-state index in [1.54, 1.807) is 18.8 Å². The normalized spacial score (nSPS) is 12.5. The first-order valence-corrected chi connectivity index (χ1v) is 6.84. The highest BCUT2D eigenvalue weighted by Gasteiger charge is 2.15. The average molecular weight is 311 g/mol. The standard InChI is InChI=1S/C15H19F2N3O2/c1-9-11(15(22-3)20(2)19-9)7-18-8-14(21)10-4-5-12(16)13(17)6-10/h4-6,14,18,21H,7-8H2,1-3H3. The molecule has 0 fully saturated rings. The van der Waals surface area contributed by atoms with Gasteiger partial charge in [0, 0.05) is 20.1 Å². The first-order valence-electron chi connectivity index (χ1n) is 6.84. The van der Waals surface area contributed by atoms with Crippen LogP contribution in [0.2, 0.25) is 0 Å². The largest absolute Gasteiger partial charge is 0.481 e. The molecule has 0 saturated heterocycles. The van der Waals surface area contributed by atoms with Gasteiger partial charge in [-0.3, -0.25) is 0 Å². The quantitative estimate of drug-likeness (QED) is 0.854. The molecule has 5 nitrogen and oxygen atoms in total. The van der Waals surface area contributed by atoms with Crippen LogP contribution in [0.25, 0.3) is 0 Å². The smallest absolute Gasteiger partial charge is 0.216 e. The summed E-state index contributed by atoms with van der Waals surface area (Å²) in [6.45, 7) is 2.51. The molecule has 1 heterocycles. The Balaban J connectivity index is 1.97. The number of aliphatic hydroxyl groups excluding tert-OH is 1. The molecule has 1 aromatic heterocycles. The van der Waals surface area contributed by atoms with Crippen LogP contribution in [0.4, 0.5) is 8.78 Å². The summed E-state index contributed by atoms with van der Waals surface area (Å²) in [5, 5.41) is 17.3. The van der Waals surface area contributed by atoms with Crippen LogP contribution < -0.4 is 10.1 Å². The Labute approximate surface area is 127 Å². The fraction of sp³-hybridized carbons (Fsp3) is 0.400. The van der Waals surface area contributed by atoms with E-state index >= 15 is 0 Å². The van der Waals surface area contributed by atoms with Crippen LogP contribution in [-0.4, -0.2) is 28.5 Å². The SMILES string of the molecule is COc1c(CNCC(O)c2ccc(F)c(F)c2)c(C)nn1C.